The molecule has 2 N–H and O–H groups in total. The highest BCUT2D eigenvalue weighted by molar-refractivity contribution is 5.70. The molecule has 0 aromatic carbocycles. The van der Waals surface area contributed by atoms with E-state index in [9.17, 15) is 9.59 Å². The third-order valence-electron chi connectivity index (χ3n) is 2.55. The molecule has 22 heavy (non-hydrogen) atoms. The van der Waals surface area contributed by atoms with E-state index in [1.807, 2.05) is 46.4 Å². The molecule has 0 fully saturated rings. The number of hydrogen-bond acceptors (Lipinski definition) is 6. The van der Waals surface area contributed by atoms with Gasteiger partial charge in [-0.15, -0.1) is 0 Å². The number of carbonyl (C=O) groups is 2. The number of nitrogens with zero attached hydrogens (tertiary/aromatic N) is 1. The fourth-order valence-electron chi connectivity index (χ4n) is 1.80. The van der Waals surface area contributed by atoms with Gasteiger partial charge in [0.2, 0.25) is 0 Å². The number of esters is 2. The SMILES string of the molecule is CC(C)(C)OC(=O)CCN(CCN)CCC(=O)OC(C)(C)C. The van der Waals surface area contributed by atoms with Gasteiger partial charge in [0.15, 0.2) is 0 Å². The predicted octanol–water partition coefficient (Wildman–Crippen LogP) is 1.71. The quantitative estimate of drug-likeness (QED) is 0.687. The minimum atomic E-state index is -0.480. The molecule has 0 atom stereocenters. The van der Waals surface area contributed by atoms with E-state index in [1.165, 1.54) is 0 Å². The molecule has 0 aliphatic heterocycles. The molecule has 0 bridgehead atoms. The van der Waals surface area contributed by atoms with Gasteiger partial charge in [-0.2, -0.15) is 0 Å². The van der Waals surface area contributed by atoms with Crippen LogP contribution in [0.3, 0.4) is 0 Å². The first-order chi connectivity index (χ1) is 9.93. The van der Waals surface area contributed by atoms with Crippen LogP contribution in [0.5, 0.6) is 0 Å². The molecule has 0 aliphatic rings. The molecule has 0 aliphatic carbocycles. The predicted molar refractivity (Wildman–Crippen MR) is 86.4 cm³/mol. The average Bonchev–Trinajstić information content (AvgIpc) is 2.28. The van der Waals surface area contributed by atoms with Gasteiger partial charge in [0.1, 0.15) is 11.2 Å². The van der Waals surface area contributed by atoms with Crippen LogP contribution in [0.25, 0.3) is 0 Å². The summed E-state index contributed by atoms with van der Waals surface area (Å²) in [5.41, 5.74) is 4.61. The molecule has 0 unspecified atom stereocenters. The van der Waals surface area contributed by atoms with Gasteiger partial charge in [-0.1, -0.05) is 0 Å². The van der Waals surface area contributed by atoms with E-state index in [1.54, 1.807) is 0 Å². The molecule has 0 radical (unpaired) electrons. The molecular formula is C16H32N2O4. The van der Waals surface area contributed by atoms with Gasteiger partial charge in [-0.25, -0.2) is 0 Å². The second kappa shape index (κ2) is 9.10. The Morgan fingerprint density at radius 1 is 0.818 bits per heavy atom. The van der Waals surface area contributed by atoms with Crippen molar-refractivity contribution in [1.29, 1.82) is 0 Å². The summed E-state index contributed by atoms with van der Waals surface area (Å²) < 4.78 is 10.5. The fraction of sp³-hybridized carbons (Fsp3) is 0.875. The molecule has 6 heteroatoms. The summed E-state index contributed by atoms with van der Waals surface area (Å²) in [4.78, 5) is 25.4. The van der Waals surface area contributed by atoms with Crippen LogP contribution in [0, 0.1) is 0 Å². The van der Waals surface area contributed by atoms with Gasteiger partial charge in [0.05, 0.1) is 12.8 Å². The van der Waals surface area contributed by atoms with E-state index in [4.69, 9.17) is 15.2 Å². The molecule has 0 amide bonds. The fourth-order valence-corrected chi connectivity index (χ4v) is 1.80. The van der Waals surface area contributed by atoms with Crippen LogP contribution in [0.15, 0.2) is 0 Å². The maximum absolute atomic E-state index is 11.7. The largest absolute Gasteiger partial charge is 0.460 e. The Morgan fingerprint density at radius 3 is 1.45 bits per heavy atom. The van der Waals surface area contributed by atoms with Crippen molar-refractivity contribution in [2.45, 2.75) is 65.6 Å². The number of ether oxygens (including phenoxy) is 2. The highest BCUT2D eigenvalue weighted by atomic mass is 16.6. The first-order valence-corrected chi connectivity index (χ1v) is 7.79. The van der Waals surface area contributed by atoms with Crippen molar-refractivity contribution >= 4 is 11.9 Å². The van der Waals surface area contributed by atoms with Crippen LogP contribution >= 0.6 is 0 Å². The Bertz CT molecular complexity index is 324. The number of rotatable bonds is 8. The summed E-state index contributed by atoms with van der Waals surface area (Å²) in [5.74, 6) is -0.487. The number of carbonyl (C=O) groups excluding carboxylic acids is 2. The molecule has 6 nitrogen and oxygen atoms in total. The summed E-state index contributed by atoms with van der Waals surface area (Å²) in [7, 11) is 0. The third-order valence-corrected chi connectivity index (χ3v) is 2.55. The highest BCUT2D eigenvalue weighted by Crippen LogP contribution is 2.10. The molecule has 0 saturated carbocycles. The smallest absolute Gasteiger partial charge is 0.307 e. The first kappa shape index (κ1) is 20.9. The maximum Gasteiger partial charge on any atom is 0.307 e. The van der Waals surface area contributed by atoms with E-state index in [-0.39, 0.29) is 24.8 Å². The van der Waals surface area contributed by atoms with E-state index in [0.717, 1.165) is 0 Å². The zero-order valence-corrected chi connectivity index (χ0v) is 14.9. The third kappa shape index (κ3) is 12.6. The maximum atomic E-state index is 11.7. The Balaban J connectivity index is 4.21. The highest BCUT2D eigenvalue weighted by Gasteiger charge is 2.19. The lowest BCUT2D eigenvalue weighted by Gasteiger charge is -2.24. The zero-order valence-electron chi connectivity index (χ0n) is 14.9. The van der Waals surface area contributed by atoms with Crippen LogP contribution in [0.4, 0.5) is 0 Å². The summed E-state index contributed by atoms with van der Waals surface area (Å²) in [6.45, 7) is 13.2. The van der Waals surface area contributed by atoms with Crippen molar-refractivity contribution < 1.29 is 19.1 Å². The van der Waals surface area contributed by atoms with E-state index in [0.29, 0.717) is 26.2 Å². The Morgan fingerprint density at radius 2 is 1.18 bits per heavy atom. The van der Waals surface area contributed by atoms with Crippen molar-refractivity contribution in [3.63, 3.8) is 0 Å². The van der Waals surface area contributed by atoms with E-state index >= 15 is 0 Å². The van der Waals surface area contributed by atoms with Crippen LogP contribution in [-0.4, -0.2) is 54.2 Å². The van der Waals surface area contributed by atoms with Crippen molar-refractivity contribution in [1.82, 2.24) is 4.90 Å². The summed E-state index contributed by atoms with van der Waals surface area (Å²) >= 11 is 0. The second-order valence-electron chi connectivity index (χ2n) is 7.30. The summed E-state index contributed by atoms with van der Waals surface area (Å²) in [6.07, 6.45) is 0.567. The Labute approximate surface area is 134 Å². The zero-order chi connectivity index (χ0) is 17.4. The molecule has 0 saturated heterocycles. The van der Waals surface area contributed by atoms with Gasteiger partial charge in [-0.3, -0.25) is 9.59 Å². The molecule has 0 rings (SSSR count). The van der Waals surface area contributed by atoms with Gasteiger partial charge in [-0.05, 0) is 41.5 Å². The molecule has 0 aromatic rings. The monoisotopic (exact) mass is 316 g/mol. The van der Waals surface area contributed by atoms with Gasteiger partial charge in [0.25, 0.3) is 0 Å². The standard InChI is InChI=1S/C16H32N2O4/c1-15(2,3)21-13(19)7-10-18(12-9-17)11-8-14(20)22-16(4,5)6/h7-12,17H2,1-6H3. The minimum absolute atomic E-state index is 0.244. The lowest BCUT2D eigenvalue weighted by Crippen LogP contribution is -2.35. The molecule has 0 heterocycles. The summed E-state index contributed by atoms with van der Waals surface area (Å²) in [5, 5.41) is 0. The van der Waals surface area contributed by atoms with Crippen LogP contribution in [0.1, 0.15) is 54.4 Å². The Kier molecular flexibility index (Phi) is 8.63. The van der Waals surface area contributed by atoms with Crippen molar-refractivity contribution in [3.05, 3.63) is 0 Å². The van der Waals surface area contributed by atoms with Gasteiger partial charge >= 0.3 is 11.9 Å². The molecular weight excluding hydrogens is 284 g/mol. The first-order valence-electron chi connectivity index (χ1n) is 7.79. The Hall–Kier alpha value is -1.14. The summed E-state index contributed by atoms with van der Waals surface area (Å²) in [6, 6.07) is 0. The van der Waals surface area contributed by atoms with Crippen molar-refractivity contribution in [2.75, 3.05) is 26.2 Å². The normalized spacial score (nSPS) is 12.4. The van der Waals surface area contributed by atoms with Crippen molar-refractivity contribution in [2.24, 2.45) is 5.73 Å². The second-order valence-corrected chi connectivity index (χ2v) is 7.30. The van der Waals surface area contributed by atoms with Crippen LogP contribution in [0.2, 0.25) is 0 Å². The molecule has 0 spiro atoms. The van der Waals surface area contributed by atoms with E-state index < -0.39 is 11.2 Å². The lowest BCUT2D eigenvalue weighted by molar-refractivity contribution is -0.155. The number of hydrogen-bond donors (Lipinski definition) is 1. The van der Waals surface area contributed by atoms with E-state index in [2.05, 4.69) is 0 Å². The minimum Gasteiger partial charge on any atom is -0.460 e. The van der Waals surface area contributed by atoms with Crippen molar-refractivity contribution in [3.8, 4) is 0 Å². The lowest BCUT2D eigenvalue weighted by atomic mass is 10.2. The topological polar surface area (TPSA) is 81.9 Å². The molecule has 0 aromatic heterocycles. The number of nitrogens with two attached hydrogens (primary N) is 1. The van der Waals surface area contributed by atoms with Gasteiger partial charge < -0.3 is 20.1 Å². The van der Waals surface area contributed by atoms with Gasteiger partial charge in [0, 0.05) is 26.2 Å². The molecule has 130 valence electrons. The van der Waals surface area contributed by atoms with Crippen LogP contribution < -0.4 is 5.73 Å². The van der Waals surface area contributed by atoms with Crippen LogP contribution in [-0.2, 0) is 19.1 Å². The average molecular weight is 316 g/mol.